The van der Waals surface area contributed by atoms with Gasteiger partial charge in [-0.3, -0.25) is 0 Å². The highest BCUT2D eigenvalue weighted by molar-refractivity contribution is 6.99. The molecule has 0 aromatic heterocycles. The van der Waals surface area contributed by atoms with Gasteiger partial charge in [0.05, 0.1) is 6.10 Å². The molecule has 2 aromatic carbocycles. The molecule has 0 spiro atoms. The summed E-state index contributed by atoms with van der Waals surface area (Å²) in [6.45, 7) is 7.49. The average Bonchev–Trinajstić information content (AvgIpc) is 3.24. The van der Waals surface area contributed by atoms with Gasteiger partial charge in [-0.05, 0) is 21.8 Å². The number of aliphatic hydroxyl groups excluding tert-OH is 1. The van der Waals surface area contributed by atoms with Crippen molar-refractivity contribution in [3.63, 3.8) is 0 Å². The summed E-state index contributed by atoms with van der Waals surface area (Å²) in [6, 6.07) is 21.3. The van der Waals surface area contributed by atoms with Crippen LogP contribution in [-0.4, -0.2) is 26.1 Å². The second-order valence-electron chi connectivity index (χ2n) is 7.54. The summed E-state index contributed by atoms with van der Waals surface area (Å²) >= 11 is 0. The van der Waals surface area contributed by atoms with E-state index in [0.29, 0.717) is 12.5 Å². The minimum Gasteiger partial charge on any atom is -0.407 e. The molecule has 0 bridgehead atoms. The molecule has 3 heteroatoms. The van der Waals surface area contributed by atoms with E-state index in [1.54, 1.807) is 0 Å². The predicted octanol–water partition coefficient (Wildman–Crippen LogP) is 2.94. The Balaban J connectivity index is 2.09. The Morgan fingerprint density at radius 3 is 1.74 bits per heavy atom. The average molecular weight is 327 g/mol. The van der Waals surface area contributed by atoms with Crippen LogP contribution in [0.2, 0.25) is 5.04 Å². The lowest BCUT2D eigenvalue weighted by molar-refractivity contribution is 0.215. The standard InChI is InChI=1S/C20H26O2Si/c1-20(2,3)23(17-10-6-4-7-11-17,18-12-8-5-9-13-18)22-15-16-14-19(16)21/h4-13,16,19,21H,14-15H2,1-3H3/t16-,19+/m1/s1. The van der Waals surface area contributed by atoms with Crippen molar-refractivity contribution in [1.29, 1.82) is 0 Å². The molecule has 0 amide bonds. The molecule has 1 aliphatic carbocycles. The molecule has 1 aliphatic rings. The van der Waals surface area contributed by atoms with Crippen LogP contribution < -0.4 is 10.4 Å². The van der Waals surface area contributed by atoms with Crippen molar-refractivity contribution in [2.75, 3.05) is 6.61 Å². The van der Waals surface area contributed by atoms with Crippen molar-refractivity contribution in [1.82, 2.24) is 0 Å². The third-order valence-electron chi connectivity index (χ3n) is 4.82. The first-order chi connectivity index (χ1) is 10.9. The molecule has 0 aliphatic heterocycles. The summed E-state index contributed by atoms with van der Waals surface area (Å²) in [7, 11) is -2.41. The van der Waals surface area contributed by atoms with Crippen LogP contribution in [0.1, 0.15) is 27.2 Å². The lowest BCUT2D eigenvalue weighted by Crippen LogP contribution is -2.66. The second-order valence-corrected chi connectivity index (χ2v) is 11.8. The summed E-state index contributed by atoms with van der Waals surface area (Å²) in [4.78, 5) is 0. The lowest BCUT2D eigenvalue weighted by atomic mass is 10.2. The Morgan fingerprint density at radius 1 is 0.957 bits per heavy atom. The van der Waals surface area contributed by atoms with E-state index in [0.717, 1.165) is 6.42 Å². The molecule has 0 radical (unpaired) electrons. The largest absolute Gasteiger partial charge is 0.407 e. The maximum Gasteiger partial charge on any atom is 0.261 e. The van der Waals surface area contributed by atoms with Gasteiger partial charge < -0.3 is 9.53 Å². The van der Waals surface area contributed by atoms with Gasteiger partial charge in [0.15, 0.2) is 0 Å². The zero-order chi connectivity index (χ0) is 16.5. The topological polar surface area (TPSA) is 29.5 Å². The minimum absolute atomic E-state index is 0.00947. The summed E-state index contributed by atoms with van der Waals surface area (Å²) in [5.74, 6) is 0.302. The van der Waals surface area contributed by atoms with Crippen molar-refractivity contribution < 1.29 is 9.53 Å². The zero-order valence-corrected chi connectivity index (χ0v) is 15.2. The first-order valence-corrected chi connectivity index (χ1v) is 10.3. The van der Waals surface area contributed by atoms with E-state index in [-0.39, 0.29) is 11.1 Å². The third kappa shape index (κ3) is 3.14. The lowest BCUT2D eigenvalue weighted by Gasteiger charge is -2.43. The number of benzene rings is 2. The fourth-order valence-electron chi connectivity index (χ4n) is 3.40. The quantitative estimate of drug-likeness (QED) is 0.856. The Kier molecular flexibility index (Phi) is 4.45. The van der Waals surface area contributed by atoms with Crippen molar-refractivity contribution in [3.05, 3.63) is 60.7 Å². The van der Waals surface area contributed by atoms with E-state index in [1.165, 1.54) is 10.4 Å². The zero-order valence-electron chi connectivity index (χ0n) is 14.2. The van der Waals surface area contributed by atoms with Crippen molar-refractivity contribution in [3.8, 4) is 0 Å². The normalized spacial score (nSPS) is 21.2. The maximum atomic E-state index is 9.70. The monoisotopic (exact) mass is 326 g/mol. The van der Waals surface area contributed by atoms with Gasteiger partial charge in [0.1, 0.15) is 0 Å². The van der Waals surface area contributed by atoms with Gasteiger partial charge in [-0.1, -0.05) is 81.4 Å². The minimum atomic E-state index is -2.41. The van der Waals surface area contributed by atoms with Crippen molar-refractivity contribution in [2.24, 2.45) is 5.92 Å². The van der Waals surface area contributed by atoms with E-state index in [4.69, 9.17) is 4.43 Å². The summed E-state index contributed by atoms with van der Waals surface area (Å²) in [5, 5.41) is 12.3. The highest BCUT2D eigenvalue weighted by Crippen LogP contribution is 2.39. The Hall–Kier alpha value is -1.42. The van der Waals surface area contributed by atoms with Gasteiger partial charge in [-0.25, -0.2) is 0 Å². The SMILES string of the molecule is CC(C)(C)[Si](OC[C@H]1C[C@@H]1O)(c1ccccc1)c1ccccc1. The summed E-state index contributed by atoms with van der Waals surface area (Å²) in [5.41, 5.74) is 0. The first-order valence-electron chi connectivity index (χ1n) is 8.38. The fourth-order valence-corrected chi connectivity index (χ4v) is 8.02. The van der Waals surface area contributed by atoms with E-state index >= 15 is 0 Å². The first kappa shape index (κ1) is 16.4. The van der Waals surface area contributed by atoms with Gasteiger partial charge in [0.2, 0.25) is 0 Å². The molecule has 2 aromatic rings. The van der Waals surface area contributed by atoms with Crippen LogP contribution in [0.3, 0.4) is 0 Å². The van der Waals surface area contributed by atoms with Crippen LogP contribution in [0.4, 0.5) is 0 Å². The predicted molar refractivity (Wildman–Crippen MR) is 97.7 cm³/mol. The van der Waals surface area contributed by atoms with Crippen LogP contribution in [0, 0.1) is 5.92 Å². The van der Waals surface area contributed by atoms with Crippen molar-refractivity contribution >= 4 is 18.7 Å². The van der Waals surface area contributed by atoms with E-state index < -0.39 is 8.32 Å². The summed E-state index contributed by atoms with van der Waals surface area (Å²) in [6.07, 6.45) is 0.700. The highest BCUT2D eigenvalue weighted by Gasteiger charge is 2.51. The van der Waals surface area contributed by atoms with Crippen LogP contribution in [0.5, 0.6) is 0 Å². The Bertz CT molecular complexity index is 594. The molecule has 2 nitrogen and oxygen atoms in total. The Morgan fingerprint density at radius 2 is 1.39 bits per heavy atom. The van der Waals surface area contributed by atoms with Crippen LogP contribution in [0.15, 0.2) is 60.7 Å². The molecule has 0 heterocycles. The van der Waals surface area contributed by atoms with Crippen LogP contribution in [-0.2, 0) is 4.43 Å². The number of rotatable bonds is 5. The van der Waals surface area contributed by atoms with Gasteiger partial charge in [-0.2, -0.15) is 0 Å². The molecule has 122 valence electrons. The molecular formula is C20H26O2Si. The maximum absolute atomic E-state index is 9.70. The van der Waals surface area contributed by atoms with Gasteiger partial charge >= 0.3 is 0 Å². The number of aliphatic hydroxyl groups is 1. The molecule has 1 N–H and O–H groups in total. The van der Waals surface area contributed by atoms with Gasteiger partial charge in [0.25, 0.3) is 8.32 Å². The summed E-state index contributed by atoms with van der Waals surface area (Å²) < 4.78 is 6.74. The van der Waals surface area contributed by atoms with E-state index in [9.17, 15) is 5.11 Å². The molecule has 0 unspecified atom stereocenters. The van der Waals surface area contributed by atoms with E-state index in [1.807, 2.05) is 0 Å². The van der Waals surface area contributed by atoms with Gasteiger partial charge in [0, 0.05) is 12.5 Å². The molecule has 3 rings (SSSR count). The number of hydrogen-bond donors (Lipinski definition) is 1. The smallest absolute Gasteiger partial charge is 0.261 e. The molecule has 1 fully saturated rings. The van der Waals surface area contributed by atoms with Crippen LogP contribution >= 0.6 is 0 Å². The molecule has 2 atom stereocenters. The molecular weight excluding hydrogens is 300 g/mol. The van der Waals surface area contributed by atoms with E-state index in [2.05, 4.69) is 81.4 Å². The van der Waals surface area contributed by atoms with Crippen molar-refractivity contribution in [2.45, 2.75) is 38.3 Å². The molecule has 1 saturated carbocycles. The third-order valence-corrected chi connectivity index (χ3v) is 9.82. The molecule has 23 heavy (non-hydrogen) atoms. The van der Waals surface area contributed by atoms with Crippen LogP contribution in [0.25, 0.3) is 0 Å². The van der Waals surface area contributed by atoms with Gasteiger partial charge in [-0.15, -0.1) is 0 Å². The molecule has 0 saturated heterocycles. The second kappa shape index (κ2) is 6.23. The Labute approximate surface area is 140 Å². The highest BCUT2D eigenvalue weighted by atomic mass is 28.4. The number of hydrogen-bond acceptors (Lipinski definition) is 2. The fraction of sp³-hybridized carbons (Fsp3) is 0.400.